The van der Waals surface area contributed by atoms with Gasteiger partial charge in [-0.15, -0.1) is 20.4 Å². The zero-order chi connectivity index (χ0) is 21.2. The molecule has 0 fully saturated rings. The van der Waals surface area contributed by atoms with Crippen LogP contribution in [0.1, 0.15) is 56.5 Å². The van der Waals surface area contributed by atoms with Crippen molar-refractivity contribution in [3.05, 3.63) is 21.7 Å². The van der Waals surface area contributed by atoms with Gasteiger partial charge in [-0.05, 0) is 33.6 Å². The number of aryl methyl sites for hydroxylation is 2. The van der Waals surface area contributed by atoms with Crippen molar-refractivity contribution in [3.63, 3.8) is 0 Å². The number of carbonyl (C=O) groups excluding carboxylic acids is 2. The molecule has 2 rings (SSSR count). The highest BCUT2D eigenvalue weighted by molar-refractivity contribution is 7.15. The minimum atomic E-state index is -0.250. The Kier molecular flexibility index (Phi) is 9.00. The molecule has 0 saturated heterocycles. The van der Waals surface area contributed by atoms with Gasteiger partial charge in [0.1, 0.15) is 10.0 Å². The first-order valence-corrected chi connectivity index (χ1v) is 10.9. The summed E-state index contributed by atoms with van der Waals surface area (Å²) in [4.78, 5) is 23.5. The zero-order valence-corrected chi connectivity index (χ0v) is 18.4. The third kappa shape index (κ3) is 8.57. The molecule has 2 aromatic heterocycles. The summed E-state index contributed by atoms with van der Waals surface area (Å²) in [6, 6.07) is 0. The molecule has 0 saturated carbocycles. The topological polar surface area (TPSA) is 134 Å². The number of anilines is 2. The molecule has 29 heavy (non-hydrogen) atoms. The Morgan fingerprint density at radius 2 is 1.38 bits per heavy atom. The average Bonchev–Trinajstić information content (AvgIpc) is 3.27. The van der Waals surface area contributed by atoms with E-state index in [9.17, 15) is 9.59 Å². The molecule has 156 valence electrons. The molecule has 2 aromatic rings. The Bertz CT molecular complexity index is 888. The number of aromatic nitrogens is 4. The zero-order valence-electron chi connectivity index (χ0n) is 16.7. The lowest BCUT2D eigenvalue weighted by Crippen LogP contribution is -2.14. The highest BCUT2D eigenvalue weighted by atomic mass is 32.1. The van der Waals surface area contributed by atoms with Gasteiger partial charge in [-0.2, -0.15) is 0 Å². The normalized spacial score (nSPS) is 11.3. The van der Waals surface area contributed by atoms with E-state index in [2.05, 4.69) is 31.0 Å². The summed E-state index contributed by atoms with van der Waals surface area (Å²) >= 11 is 2.74. The van der Waals surface area contributed by atoms with Crippen LogP contribution in [-0.2, 0) is 22.4 Å². The minimum Gasteiger partial charge on any atom is -0.309 e. The predicted octanol–water partition coefficient (Wildman–Crippen LogP) is 3.62. The highest BCUT2D eigenvalue weighted by Gasteiger charge is 2.10. The summed E-state index contributed by atoms with van der Waals surface area (Å²) in [5.41, 5.74) is 1.32. The number of hydrogen-bond donors (Lipinski definition) is 3. The van der Waals surface area contributed by atoms with Crippen LogP contribution < -0.4 is 10.6 Å². The van der Waals surface area contributed by atoms with Crippen LogP contribution in [0.5, 0.6) is 0 Å². The number of amides is 2. The Hall–Kier alpha value is -2.53. The first-order valence-electron chi connectivity index (χ1n) is 9.26. The molecule has 9 nitrogen and oxygen atoms in total. The number of carbonyl (C=O) groups is 2. The Morgan fingerprint density at radius 3 is 1.83 bits per heavy atom. The number of unbranched alkanes of at least 4 members (excludes halogenated alkanes) is 1. The van der Waals surface area contributed by atoms with Crippen molar-refractivity contribution >= 4 is 50.5 Å². The summed E-state index contributed by atoms with van der Waals surface area (Å²) in [6.45, 7) is 5.41. The van der Waals surface area contributed by atoms with Gasteiger partial charge >= 0.3 is 0 Å². The van der Waals surface area contributed by atoms with E-state index in [-0.39, 0.29) is 18.2 Å². The minimum absolute atomic E-state index is 0.0636. The number of nitrogens with zero attached hydrogens (tertiary/aromatic N) is 4. The third-order valence-corrected chi connectivity index (χ3v) is 5.61. The second-order valence-corrected chi connectivity index (χ2v) is 8.70. The van der Waals surface area contributed by atoms with Crippen molar-refractivity contribution in [3.8, 4) is 0 Å². The van der Waals surface area contributed by atoms with Gasteiger partial charge in [-0.25, -0.2) is 0 Å². The Balaban J connectivity index is 1.69. The Morgan fingerprint density at radius 1 is 0.897 bits per heavy atom. The van der Waals surface area contributed by atoms with Crippen molar-refractivity contribution < 1.29 is 9.59 Å². The van der Waals surface area contributed by atoms with Gasteiger partial charge < -0.3 is 16.0 Å². The first kappa shape index (κ1) is 22.8. The van der Waals surface area contributed by atoms with Gasteiger partial charge in [0.15, 0.2) is 0 Å². The molecular formula is C18H25N7O2S2. The van der Waals surface area contributed by atoms with E-state index in [1.54, 1.807) is 6.92 Å². The van der Waals surface area contributed by atoms with E-state index in [1.807, 2.05) is 19.9 Å². The van der Waals surface area contributed by atoms with E-state index < -0.39 is 0 Å². The molecule has 2 heterocycles. The first-order chi connectivity index (χ1) is 13.9. The maximum absolute atomic E-state index is 11.9. The predicted molar refractivity (Wildman–Crippen MR) is 116 cm³/mol. The van der Waals surface area contributed by atoms with E-state index in [4.69, 9.17) is 5.41 Å². The fourth-order valence-electron chi connectivity index (χ4n) is 2.29. The lowest BCUT2D eigenvalue weighted by molar-refractivity contribution is -0.116. The smallest absolute Gasteiger partial charge is 0.231 e. The largest absolute Gasteiger partial charge is 0.309 e. The highest BCUT2D eigenvalue weighted by Crippen LogP contribution is 2.20. The molecule has 0 aromatic carbocycles. The number of hydrogen-bond acceptors (Lipinski definition) is 9. The summed E-state index contributed by atoms with van der Waals surface area (Å²) in [6.07, 6.45) is 5.70. The standard InChI is InChI=1S/C18H25N7O2S2/c1-4-11(2)9-13(26)20-17-24-22-15(28-17)7-5-6-8-16-23-25-18(29-16)21-14(27)10-12(3)19/h4,19H,5-10H2,1-3H3,(H,20,24,26)(H,21,25,27)/b11-4+,19-12?. The molecule has 3 N–H and O–H groups in total. The molecule has 11 heteroatoms. The number of allylic oxidation sites excluding steroid dienone is 1. The SMILES string of the molecule is C/C=C(\C)CC(=O)Nc1nnc(CCCCc2nnc(NC(=O)CC(C)=N)s2)s1. The fraction of sp³-hybridized carbons (Fsp3) is 0.500. The van der Waals surface area contributed by atoms with Gasteiger partial charge in [0, 0.05) is 25.0 Å². The molecule has 2 amide bonds. The van der Waals surface area contributed by atoms with Crippen LogP contribution in [0.3, 0.4) is 0 Å². The number of nitrogens with one attached hydrogen (secondary N) is 3. The fourth-order valence-corrected chi connectivity index (χ4v) is 3.88. The van der Waals surface area contributed by atoms with Crippen molar-refractivity contribution in [2.45, 2.75) is 59.3 Å². The van der Waals surface area contributed by atoms with E-state index in [1.165, 1.54) is 22.7 Å². The van der Waals surface area contributed by atoms with Gasteiger partial charge in [0.05, 0.1) is 6.42 Å². The van der Waals surface area contributed by atoms with Gasteiger partial charge in [-0.1, -0.05) is 34.3 Å². The summed E-state index contributed by atoms with van der Waals surface area (Å²) < 4.78 is 0. The monoisotopic (exact) mass is 435 g/mol. The van der Waals surface area contributed by atoms with Crippen molar-refractivity contribution in [2.24, 2.45) is 0 Å². The molecule has 0 radical (unpaired) electrons. The summed E-state index contributed by atoms with van der Waals surface area (Å²) in [5.74, 6) is -0.335. The second-order valence-electron chi connectivity index (χ2n) is 6.57. The summed E-state index contributed by atoms with van der Waals surface area (Å²) in [7, 11) is 0. The van der Waals surface area contributed by atoms with Gasteiger partial charge in [0.25, 0.3) is 0 Å². The summed E-state index contributed by atoms with van der Waals surface area (Å²) in [5, 5.41) is 31.7. The van der Waals surface area contributed by atoms with Crippen LogP contribution in [0, 0.1) is 5.41 Å². The van der Waals surface area contributed by atoms with Gasteiger partial charge in [-0.3, -0.25) is 9.59 Å². The Labute approximate surface area is 177 Å². The molecule has 0 spiro atoms. The lowest BCUT2D eigenvalue weighted by Gasteiger charge is -2.00. The van der Waals surface area contributed by atoms with Crippen LogP contribution in [0.2, 0.25) is 0 Å². The van der Waals surface area contributed by atoms with Crippen LogP contribution in [0.4, 0.5) is 10.3 Å². The molecule has 0 atom stereocenters. The van der Waals surface area contributed by atoms with E-state index in [0.29, 0.717) is 22.4 Å². The second kappa shape index (κ2) is 11.5. The van der Waals surface area contributed by atoms with Crippen LogP contribution >= 0.6 is 22.7 Å². The van der Waals surface area contributed by atoms with Crippen LogP contribution in [0.15, 0.2) is 11.6 Å². The molecule has 0 aliphatic heterocycles. The molecule has 0 unspecified atom stereocenters. The van der Waals surface area contributed by atoms with Crippen molar-refractivity contribution in [1.29, 1.82) is 5.41 Å². The van der Waals surface area contributed by atoms with Crippen molar-refractivity contribution in [1.82, 2.24) is 20.4 Å². The molecular weight excluding hydrogens is 410 g/mol. The maximum Gasteiger partial charge on any atom is 0.231 e. The van der Waals surface area contributed by atoms with Crippen LogP contribution in [-0.4, -0.2) is 37.9 Å². The van der Waals surface area contributed by atoms with Gasteiger partial charge in [0.2, 0.25) is 22.1 Å². The number of rotatable bonds is 11. The molecule has 0 aliphatic rings. The van der Waals surface area contributed by atoms with Crippen LogP contribution in [0.25, 0.3) is 0 Å². The quantitative estimate of drug-likeness (QED) is 0.280. The maximum atomic E-state index is 11.9. The van der Waals surface area contributed by atoms with E-state index >= 15 is 0 Å². The lowest BCUT2D eigenvalue weighted by atomic mass is 10.2. The molecule has 0 aliphatic carbocycles. The third-order valence-electron chi connectivity index (χ3n) is 3.82. The average molecular weight is 436 g/mol. The van der Waals surface area contributed by atoms with Crippen molar-refractivity contribution in [2.75, 3.05) is 10.6 Å². The van der Waals surface area contributed by atoms with E-state index in [0.717, 1.165) is 41.3 Å². The molecule has 0 bridgehead atoms.